The van der Waals surface area contributed by atoms with Crippen molar-refractivity contribution in [2.75, 3.05) is 25.6 Å². The Labute approximate surface area is 187 Å². The van der Waals surface area contributed by atoms with Gasteiger partial charge in [-0.3, -0.25) is 0 Å². The number of benzene rings is 1. The summed E-state index contributed by atoms with van der Waals surface area (Å²) in [6.45, 7) is 1.95. The average Bonchev–Trinajstić information content (AvgIpc) is 2.75. The van der Waals surface area contributed by atoms with Crippen LogP contribution in [0.1, 0.15) is 44.9 Å². The zero-order chi connectivity index (χ0) is 20.3. The van der Waals surface area contributed by atoms with Crippen LogP contribution in [0.3, 0.4) is 0 Å². The Morgan fingerprint density at radius 1 is 1.10 bits per heavy atom. The van der Waals surface area contributed by atoms with E-state index in [2.05, 4.69) is 0 Å². The summed E-state index contributed by atoms with van der Waals surface area (Å²) in [4.78, 5) is 1.15. The van der Waals surface area contributed by atoms with E-state index in [1.54, 1.807) is 18.0 Å². The monoisotopic (exact) mass is 458 g/mol. The van der Waals surface area contributed by atoms with Crippen LogP contribution >= 0.6 is 35.0 Å². The number of allylic oxidation sites excluding steroid dienone is 1. The fourth-order valence-electron chi connectivity index (χ4n) is 3.00. The van der Waals surface area contributed by atoms with E-state index in [4.69, 9.17) is 42.1 Å². The molecule has 2 aliphatic rings. The summed E-state index contributed by atoms with van der Waals surface area (Å²) in [6.07, 6.45) is 10.9. The van der Waals surface area contributed by atoms with Gasteiger partial charge < -0.3 is 18.9 Å². The van der Waals surface area contributed by atoms with E-state index in [-0.39, 0.29) is 6.29 Å². The van der Waals surface area contributed by atoms with Crippen molar-refractivity contribution >= 4 is 35.0 Å². The van der Waals surface area contributed by atoms with Crippen molar-refractivity contribution in [3.8, 4) is 0 Å². The van der Waals surface area contributed by atoms with Crippen molar-refractivity contribution in [1.82, 2.24) is 0 Å². The molecular weight excluding hydrogens is 431 g/mol. The molecule has 1 unspecified atom stereocenters. The molecule has 29 heavy (non-hydrogen) atoms. The second-order valence-corrected chi connectivity index (χ2v) is 9.00. The van der Waals surface area contributed by atoms with Crippen molar-refractivity contribution in [2.45, 2.75) is 56.1 Å². The Bertz CT molecular complexity index is 702. The summed E-state index contributed by atoms with van der Waals surface area (Å²) in [6, 6.07) is 5.77. The molecule has 1 saturated heterocycles. The summed E-state index contributed by atoms with van der Waals surface area (Å²) in [7, 11) is 0. The largest absolute Gasteiger partial charge is 0.494 e. The molecule has 2 aliphatic heterocycles. The summed E-state index contributed by atoms with van der Waals surface area (Å²) >= 11 is 13.8. The van der Waals surface area contributed by atoms with E-state index < -0.39 is 0 Å². The molecule has 0 radical (unpaired) electrons. The predicted molar refractivity (Wildman–Crippen MR) is 118 cm³/mol. The maximum Gasteiger partial charge on any atom is 0.158 e. The summed E-state index contributed by atoms with van der Waals surface area (Å²) in [5.74, 6) is 2.75. The fourth-order valence-corrected chi connectivity index (χ4v) is 4.31. The van der Waals surface area contributed by atoms with Gasteiger partial charge in [-0.15, -0.1) is 11.8 Å². The summed E-state index contributed by atoms with van der Waals surface area (Å²) in [5, 5.41) is 1.21. The zero-order valence-electron chi connectivity index (χ0n) is 16.5. The van der Waals surface area contributed by atoms with E-state index >= 15 is 0 Å². The highest BCUT2D eigenvalue weighted by Gasteiger charge is 2.16. The van der Waals surface area contributed by atoms with Gasteiger partial charge >= 0.3 is 0 Å². The molecule has 0 N–H and O–H groups in total. The molecule has 1 fully saturated rings. The van der Waals surface area contributed by atoms with Gasteiger partial charge in [0.15, 0.2) is 6.29 Å². The Hall–Kier alpha value is -0.850. The first kappa shape index (κ1) is 22.8. The Morgan fingerprint density at radius 2 is 2.03 bits per heavy atom. The molecular formula is C22H28Cl2O4S. The second kappa shape index (κ2) is 12.8. The molecule has 1 aromatic rings. The van der Waals surface area contributed by atoms with Gasteiger partial charge in [-0.25, -0.2) is 0 Å². The van der Waals surface area contributed by atoms with Crippen LogP contribution < -0.4 is 0 Å². The number of hydrogen-bond donors (Lipinski definition) is 0. The van der Waals surface area contributed by atoms with Crippen LogP contribution in [-0.2, 0) is 18.9 Å². The van der Waals surface area contributed by atoms with Crippen molar-refractivity contribution in [1.29, 1.82) is 0 Å². The van der Waals surface area contributed by atoms with Crippen LogP contribution in [-0.4, -0.2) is 31.9 Å². The SMILES string of the molecule is Clc1ccc(SCCCCCOC2=COC(COC3CCCCO3)=CC2)cc1Cl. The topological polar surface area (TPSA) is 36.9 Å². The molecule has 160 valence electrons. The van der Waals surface area contributed by atoms with Crippen LogP contribution in [0.2, 0.25) is 10.0 Å². The number of hydrogen-bond acceptors (Lipinski definition) is 5. The lowest BCUT2D eigenvalue weighted by molar-refractivity contribution is -0.160. The standard InChI is InChI=1S/C22H28Cl2O4S/c23-20-10-9-19(14-21(20)24)29-13-5-1-3-11-25-17-7-8-18(27-15-17)16-28-22-6-2-4-12-26-22/h8-10,14-15,22H,1-7,11-13,16H2. The van der Waals surface area contributed by atoms with Crippen LogP contribution in [0.4, 0.5) is 0 Å². The number of rotatable bonds is 11. The highest BCUT2D eigenvalue weighted by Crippen LogP contribution is 2.28. The Balaban J connectivity index is 1.20. The third kappa shape index (κ3) is 8.42. The smallest absolute Gasteiger partial charge is 0.158 e. The molecule has 0 aromatic heterocycles. The lowest BCUT2D eigenvalue weighted by Crippen LogP contribution is -2.23. The maximum absolute atomic E-state index is 6.04. The van der Waals surface area contributed by atoms with Gasteiger partial charge in [0, 0.05) is 17.9 Å². The molecule has 3 rings (SSSR count). The Morgan fingerprint density at radius 3 is 2.79 bits per heavy atom. The molecule has 1 aromatic carbocycles. The third-order valence-electron chi connectivity index (χ3n) is 4.66. The summed E-state index contributed by atoms with van der Waals surface area (Å²) in [5.41, 5.74) is 0. The molecule has 0 bridgehead atoms. The lowest BCUT2D eigenvalue weighted by Gasteiger charge is -2.23. The average molecular weight is 459 g/mol. The van der Waals surface area contributed by atoms with Crippen molar-refractivity contribution in [3.05, 3.63) is 52.1 Å². The third-order valence-corrected chi connectivity index (χ3v) is 6.48. The fraction of sp³-hybridized carbons (Fsp3) is 0.545. The number of unbranched alkanes of at least 4 members (excludes halogenated alkanes) is 2. The van der Waals surface area contributed by atoms with Crippen LogP contribution in [0.15, 0.2) is 47.0 Å². The minimum absolute atomic E-state index is 0.0929. The van der Waals surface area contributed by atoms with Gasteiger partial charge in [0.25, 0.3) is 0 Å². The first-order chi connectivity index (χ1) is 14.2. The van der Waals surface area contributed by atoms with E-state index in [0.29, 0.717) is 23.3 Å². The van der Waals surface area contributed by atoms with Gasteiger partial charge in [-0.1, -0.05) is 23.2 Å². The molecule has 0 spiro atoms. The molecule has 7 heteroatoms. The van der Waals surface area contributed by atoms with Crippen LogP contribution in [0.5, 0.6) is 0 Å². The molecule has 2 heterocycles. The first-order valence-electron chi connectivity index (χ1n) is 10.2. The number of ether oxygens (including phenoxy) is 4. The normalized spacial score (nSPS) is 19.3. The van der Waals surface area contributed by atoms with E-state index in [0.717, 1.165) is 73.7 Å². The molecule has 4 nitrogen and oxygen atoms in total. The highest BCUT2D eigenvalue weighted by atomic mass is 35.5. The zero-order valence-corrected chi connectivity index (χ0v) is 18.9. The van der Waals surface area contributed by atoms with Crippen molar-refractivity contribution in [3.63, 3.8) is 0 Å². The highest BCUT2D eigenvalue weighted by molar-refractivity contribution is 7.99. The number of halogens is 2. The minimum Gasteiger partial charge on any atom is -0.494 e. The lowest BCUT2D eigenvalue weighted by atomic mass is 10.2. The van der Waals surface area contributed by atoms with Crippen molar-refractivity contribution in [2.24, 2.45) is 0 Å². The van der Waals surface area contributed by atoms with E-state index in [1.807, 2.05) is 24.3 Å². The minimum atomic E-state index is -0.0929. The van der Waals surface area contributed by atoms with Gasteiger partial charge in [0.2, 0.25) is 0 Å². The van der Waals surface area contributed by atoms with E-state index in [9.17, 15) is 0 Å². The molecule has 0 amide bonds. The first-order valence-corrected chi connectivity index (χ1v) is 11.9. The molecule has 0 aliphatic carbocycles. The van der Waals surface area contributed by atoms with Crippen LogP contribution in [0, 0.1) is 0 Å². The molecule has 1 atom stereocenters. The Kier molecular flexibility index (Phi) is 10.0. The molecule has 0 saturated carbocycles. The van der Waals surface area contributed by atoms with Gasteiger partial charge in [0.1, 0.15) is 24.4 Å². The van der Waals surface area contributed by atoms with E-state index in [1.165, 1.54) is 0 Å². The van der Waals surface area contributed by atoms with Crippen molar-refractivity contribution < 1.29 is 18.9 Å². The van der Waals surface area contributed by atoms with Gasteiger partial charge in [0.05, 0.1) is 16.7 Å². The second-order valence-electron chi connectivity index (χ2n) is 7.02. The number of thioether (sulfide) groups is 1. The van der Waals surface area contributed by atoms with Gasteiger partial charge in [-0.05, 0) is 68.6 Å². The summed E-state index contributed by atoms with van der Waals surface area (Å²) < 4.78 is 22.7. The quantitative estimate of drug-likeness (QED) is 0.264. The maximum atomic E-state index is 6.04. The van der Waals surface area contributed by atoms with Crippen LogP contribution in [0.25, 0.3) is 0 Å². The predicted octanol–water partition coefficient (Wildman–Crippen LogP) is 6.96. The van der Waals surface area contributed by atoms with Gasteiger partial charge in [-0.2, -0.15) is 0 Å².